The number of hydrazine groups is 1. The van der Waals surface area contributed by atoms with Crippen molar-refractivity contribution in [3.8, 4) is 0 Å². The maximum absolute atomic E-state index is 11.9. The number of ether oxygens (including phenoxy) is 2. The van der Waals surface area contributed by atoms with Crippen molar-refractivity contribution < 1.29 is 19.1 Å². The van der Waals surface area contributed by atoms with Crippen LogP contribution < -0.4 is 10.9 Å². The second-order valence-corrected chi connectivity index (χ2v) is 6.35. The second-order valence-electron chi connectivity index (χ2n) is 6.35. The van der Waals surface area contributed by atoms with Crippen LogP contribution in [0.15, 0.2) is 0 Å². The molecule has 2 fully saturated rings. The Bertz CT molecular complexity index is 369. The van der Waals surface area contributed by atoms with Crippen molar-refractivity contribution >= 4 is 12.0 Å². The zero-order valence-electron chi connectivity index (χ0n) is 11.7. The molecular weight excluding hydrogens is 248 g/mol. The van der Waals surface area contributed by atoms with Gasteiger partial charge in [-0.2, -0.15) is 0 Å². The van der Waals surface area contributed by atoms with E-state index in [1.54, 1.807) is 20.8 Å². The lowest BCUT2D eigenvalue weighted by Crippen LogP contribution is -2.45. The van der Waals surface area contributed by atoms with E-state index in [4.69, 9.17) is 9.47 Å². The summed E-state index contributed by atoms with van der Waals surface area (Å²) < 4.78 is 10.3. The summed E-state index contributed by atoms with van der Waals surface area (Å²) in [5.41, 5.74) is 4.26. The average Bonchev–Trinajstić information content (AvgIpc) is 2.99. The van der Waals surface area contributed by atoms with E-state index >= 15 is 0 Å². The lowest BCUT2D eigenvalue weighted by atomic mass is 9.94. The molecule has 0 aromatic carbocycles. The highest BCUT2D eigenvalue weighted by molar-refractivity contribution is 5.84. The van der Waals surface area contributed by atoms with Gasteiger partial charge in [0.1, 0.15) is 5.60 Å². The van der Waals surface area contributed by atoms with Crippen molar-refractivity contribution in [1.29, 1.82) is 0 Å². The molecule has 1 aliphatic carbocycles. The number of hydrogen-bond acceptors (Lipinski definition) is 4. The molecular formula is C13H22N2O4. The van der Waals surface area contributed by atoms with E-state index in [2.05, 4.69) is 10.9 Å². The Morgan fingerprint density at radius 1 is 1.21 bits per heavy atom. The van der Waals surface area contributed by atoms with Crippen LogP contribution in [-0.4, -0.2) is 30.8 Å². The largest absolute Gasteiger partial charge is 0.443 e. The van der Waals surface area contributed by atoms with Gasteiger partial charge in [-0.25, -0.2) is 10.2 Å². The van der Waals surface area contributed by atoms with Gasteiger partial charge in [0, 0.05) is 19.1 Å². The molecule has 0 aromatic rings. The first-order valence-corrected chi connectivity index (χ1v) is 6.69. The summed E-state index contributed by atoms with van der Waals surface area (Å²) in [6.07, 6.45) is 2.11. The molecule has 2 rings (SSSR count). The second kappa shape index (κ2) is 5.00. The Kier molecular flexibility index (Phi) is 3.71. The molecule has 1 aliphatic heterocycles. The summed E-state index contributed by atoms with van der Waals surface area (Å²) in [7, 11) is 0. The number of rotatable bonds is 1. The van der Waals surface area contributed by atoms with E-state index in [9.17, 15) is 9.59 Å². The molecule has 108 valence electrons. The number of carbonyl (C=O) groups excluding carboxylic acids is 2. The standard InChI is InChI=1S/C13H22N2O4/c1-12(2,3)19-11(17)15-14-10(16)9-8-13(9)4-6-18-7-5-13/h9H,4-8H2,1-3H3,(H,14,16)(H,15,17)/t9-/m1/s1. The number of carbonyl (C=O) groups is 2. The van der Waals surface area contributed by atoms with Gasteiger partial charge in [0.25, 0.3) is 0 Å². The van der Waals surface area contributed by atoms with Gasteiger partial charge in [0.05, 0.1) is 0 Å². The van der Waals surface area contributed by atoms with Crippen molar-refractivity contribution in [3.05, 3.63) is 0 Å². The van der Waals surface area contributed by atoms with Crippen molar-refractivity contribution in [2.75, 3.05) is 13.2 Å². The van der Waals surface area contributed by atoms with Gasteiger partial charge in [-0.1, -0.05) is 0 Å². The highest BCUT2D eigenvalue weighted by Gasteiger charge is 2.58. The van der Waals surface area contributed by atoms with Crippen molar-refractivity contribution in [1.82, 2.24) is 10.9 Å². The summed E-state index contributed by atoms with van der Waals surface area (Å²) in [5.74, 6) is -0.140. The molecule has 1 heterocycles. The molecule has 6 nitrogen and oxygen atoms in total. The van der Waals surface area contributed by atoms with Crippen molar-refractivity contribution in [2.45, 2.75) is 45.6 Å². The molecule has 2 amide bonds. The number of nitrogens with one attached hydrogen (secondary N) is 2. The van der Waals surface area contributed by atoms with Crippen LogP contribution in [0.4, 0.5) is 4.79 Å². The Balaban J connectivity index is 1.73. The molecule has 0 radical (unpaired) electrons. The molecule has 0 aromatic heterocycles. The predicted octanol–water partition coefficient (Wildman–Crippen LogP) is 1.36. The van der Waals surface area contributed by atoms with E-state index in [1.807, 2.05) is 0 Å². The lowest BCUT2D eigenvalue weighted by molar-refractivity contribution is -0.124. The fraction of sp³-hybridized carbons (Fsp3) is 0.846. The fourth-order valence-corrected chi connectivity index (χ4v) is 2.55. The topological polar surface area (TPSA) is 76.7 Å². The first-order valence-electron chi connectivity index (χ1n) is 6.69. The van der Waals surface area contributed by atoms with Crippen LogP contribution in [0, 0.1) is 11.3 Å². The first-order chi connectivity index (χ1) is 8.82. The smallest absolute Gasteiger partial charge is 0.426 e. The van der Waals surface area contributed by atoms with Gasteiger partial charge < -0.3 is 9.47 Å². The minimum absolute atomic E-state index is 0.00802. The molecule has 2 N–H and O–H groups in total. The molecule has 6 heteroatoms. The van der Waals surface area contributed by atoms with Crippen LogP contribution in [0.1, 0.15) is 40.0 Å². The summed E-state index contributed by atoms with van der Waals surface area (Å²) >= 11 is 0. The Morgan fingerprint density at radius 2 is 1.84 bits per heavy atom. The van der Waals surface area contributed by atoms with E-state index < -0.39 is 11.7 Å². The SMILES string of the molecule is CC(C)(C)OC(=O)NNC(=O)[C@H]1CC12CCOCC2. The molecule has 2 aliphatic rings. The zero-order chi connectivity index (χ0) is 14.1. The van der Waals surface area contributed by atoms with E-state index in [-0.39, 0.29) is 17.2 Å². The fourth-order valence-electron chi connectivity index (χ4n) is 2.55. The lowest BCUT2D eigenvalue weighted by Gasteiger charge is -2.23. The molecule has 1 saturated heterocycles. The van der Waals surface area contributed by atoms with Crippen LogP contribution in [-0.2, 0) is 14.3 Å². The van der Waals surface area contributed by atoms with Crippen molar-refractivity contribution in [2.24, 2.45) is 11.3 Å². The van der Waals surface area contributed by atoms with Gasteiger partial charge in [-0.3, -0.25) is 10.2 Å². The average molecular weight is 270 g/mol. The van der Waals surface area contributed by atoms with Gasteiger partial charge >= 0.3 is 6.09 Å². The summed E-state index contributed by atoms with van der Waals surface area (Å²) in [6, 6.07) is 0. The highest BCUT2D eigenvalue weighted by Crippen LogP contribution is 2.59. The van der Waals surface area contributed by atoms with Crippen molar-refractivity contribution in [3.63, 3.8) is 0 Å². The van der Waals surface area contributed by atoms with Crippen LogP contribution in [0.3, 0.4) is 0 Å². The monoisotopic (exact) mass is 270 g/mol. The maximum Gasteiger partial charge on any atom is 0.426 e. The molecule has 1 spiro atoms. The third-order valence-corrected chi connectivity index (χ3v) is 3.68. The van der Waals surface area contributed by atoms with Crippen LogP contribution >= 0.6 is 0 Å². The Hall–Kier alpha value is -1.30. The maximum atomic E-state index is 11.9. The van der Waals surface area contributed by atoms with Gasteiger partial charge in [-0.15, -0.1) is 0 Å². The zero-order valence-corrected chi connectivity index (χ0v) is 11.7. The minimum atomic E-state index is -0.637. The quantitative estimate of drug-likeness (QED) is 0.705. The minimum Gasteiger partial charge on any atom is -0.443 e. The van der Waals surface area contributed by atoms with E-state index in [0.29, 0.717) is 0 Å². The first kappa shape index (κ1) is 14.1. The Morgan fingerprint density at radius 3 is 2.42 bits per heavy atom. The highest BCUT2D eigenvalue weighted by atomic mass is 16.6. The molecule has 1 saturated carbocycles. The van der Waals surface area contributed by atoms with Gasteiger partial charge in [0.15, 0.2) is 0 Å². The number of amides is 2. The molecule has 0 bridgehead atoms. The van der Waals surface area contributed by atoms with Crippen LogP contribution in [0.2, 0.25) is 0 Å². The molecule has 1 atom stereocenters. The third-order valence-electron chi connectivity index (χ3n) is 3.68. The molecule has 0 unspecified atom stereocenters. The van der Waals surface area contributed by atoms with Gasteiger partial charge in [0.2, 0.25) is 5.91 Å². The number of hydrogen-bond donors (Lipinski definition) is 2. The van der Waals surface area contributed by atoms with E-state index in [1.165, 1.54) is 0 Å². The summed E-state index contributed by atoms with van der Waals surface area (Å²) in [6.45, 7) is 6.76. The third kappa shape index (κ3) is 3.59. The normalized spacial score (nSPS) is 24.7. The predicted molar refractivity (Wildman–Crippen MR) is 68.1 cm³/mol. The summed E-state index contributed by atoms with van der Waals surface area (Å²) in [5, 5.41) is 0. The van der Waals surface area contributed by atoms with Crippen LogP contribution in [0.5, 0.6) is 0 Å². The molecule has 19 heavy (non-hydrogen) atoms. The van der Waals surface area contributed by atoms with Gasteiger partial charge in [-0.05, 0) is 45.4 Å². The van der Waals surface area contributed by atoms with Crippen LogP contribution in [0.25, 0.3) is 0 Å². The summed E-state index contributed by atoms with van der Waals surface area (Å²) in [4.78, 5) is 23.3. The van der Waals surface area contributed by atoms with E-state index in [0.717, 1.165) is 32.5 Å². The Labute approximate surface area is 113 Å².